The molecule has 0 radical (unpaired) electrons. The van der Waals surface area contributed by atoms with Gasteiger partial charge in [0.15, 0.2) is 5.82 Å². The molecule has 5 heteroatoms. The first-order chi connectivity index (χ1) is 6.25. The van der Waals surface area contributed by atoms with E-state index in [9.17, 15) is 4.79 Å². The summed E-state index contributed by atoms with van der Waals surface area (Å²) in [5.41, 5.74) is 0. The molecule has 1 atom stereocenters. The van der Waals surface area contributed by atoms with Crippen LogP contribution in [0.2, 0.25) is 0 Å². The molecule has 1 aromatic heterocycles. The van der Waals surface area contributed by atoms with Crippen molar-refractivity contribution in [2.45, 2.75) is 25.7 Å². The average molecular weight is 181 g/mol. The van der Waals surface area contributed by atoms with E-state index >= 15 is 0 Å². The maximum absolute atomic E-state index is 11.1. The monoisotopic (exact) mass is 181 g/mol. The van der Waals surface area contributed by atoms with E-state index in [1.807, 2.05) is 0 Å². The molecule has 1 aromatic rings. The van der Waals surface area contributed by atoms with E-state index in [4.69, 9.17) is 4.52 Å². The van der Waals surface area contributed by atoms with Gasteiger partial charge in [0.05, 0.1) is 0 Å². The summed E-state index contributed by atoms with van der Waals surface area (Å²) in [6.07, 6.45) is 1.34. The number of amides is 1. The smallest absolute Gasteiger partial charge is 0.230 e. The Balaban J connectivity index is 2.12. The molecule has 1 amide bonds. The van der Waals surface area contributed by atoms with E-state index in [0.717, 1.165) is 6.42 Å². The van der Waals surface area contributed by atoms with Crippen LogP contribution in [0.1, 0.15) is 30.5 Å². The Morgan fingerprint density at radius 1 is 1.62 bits per heavy atom. The molecule has 1 saturated heterocycles. The third kappa shape index (κ3) is 1.68. The number of hydrogen-bond acceptors (Lipinski definition) is 4. The molecule has 0 aromatic carbocycles. The van der Waals surface area contributed by atoms with Crippen molar-refractivity contribution in [1.82, 2.24) is 15.5 Å². The zero-order valence-corrected chi connectivity index (χ0v) is 7.41. The van der Waals surface area contributed by atoms with Gasteiger partial charge >= 0.3 is 0 Å². The first kappa shape index (κ1) is 8.22. The number of piperidine rings is 1. The zero-order valence-electron chi connectivity index (χ0n) is 7.41. The Morgan fingerprint density at radius 3 is 3.08 bits per heavy atom. The fourth-order valence-electron chi connectivity index (χ4n) is 1.47. The average Bonchev–Trinajstić information content (AvgIpc) is 2.52. The minimum atomic E-state index is 0.0621. The van der Waals surface area contributed by atoms with Gasteiger partial charge in [-0.15, -0.1) is 0 Å². The minimum Gasteiger partial charge on any atom is -0.356 e. The molecule has 0 bridgehead atoms. The first-order valence-corrected chi connectivity index (χ1v) is 4.32. The van der Waals surface area contributed by atoms with Crippen molar-refractivity contribution in [1.29, 1.82) is 0 Å². The predicted molar refractivity (Wildman–Crippen MR) is 44.0 cm³/mol. The van der Waals surface area contributed by atoms with E-state index in [2.05, 4.69) is 15.5 Å². The number of aromatic nitrogens is 2. The molecule has 70 valence electrons. The van der Waals surface area contributed by atoms with Crippen molar-refractivity contribution in [3.8, 4) is 0 Å². The van der Waals surface area contributed by atoms with Crippen LogP contribution in [-0.4, -0.2) is 22.6 Å². The largest absolute Gasteiger partial charge is 0.356 e. The summed E-state index contributed by atoms with van der Waals surface area (Å²) >= 11 is 0. The van der Waals surface area contributed by atoms with Crippen LogP contribution in [0.25, 0.3) is 0 Å². The van der Waals surface area contributed by atoms with Crippen LogP contribution in [-0.2, 0) is 4.79 Å². The zero-order chi connectivity index (χ0) is 9.26. The fraction of sp³-hybridized carbons (Fsp3) is 0.625. The second-order valence-electron chi connectivity index (χ2n) is 3.22. The van der Waals surface area contributed by atoms with Gasteiger partial charge in [0.2, 0.25) is 11.8 Å². The molecule has 0 saturated carbocycles. The van der Waals surface area contributed by atoms with Crippen LogP contribution in [0.5, 0.6) is 0 Å². The lowest BCUT2D eigenvalue weighted by Crippen LogP contribution is -2.32. The molecule has 0 aliphatic carbocycles. The molecule has 13 heavy (non-hydrogen) atoms. The van der Waals surface area contributed by atoms with Crippen molar-refractivity contribution in [2.75, 3.05) is 6.54 Å². The molecule has 1 unspecified atom stereocenters. The standard InChI is InChI=1S/C8H11N3O2/c1-5-10-8(13-11-5)6-2-3-9-7(12)4-6/h6H,2-4H2,1H3,(H,9,12). The first-order valence-electron chi connectivity index (χ1n) is 4.32. The summed E-state index contributed by atoms with van der Waals surface area (Å²) in [6, 6.07) is 0. The molecule has 2 heterocycles. The van der Waals surface area contributed by atoms with Crippen molar-refractivity contribution in [3.05, 3.63) is 11.7 Å². The van der Waals surface area contributed by atoms with Crippen molar-refractivity contribution in [2.24, 2.45) is 0 Å². The van der Waals surface area contributed by atoms with E-state index < -0.39 is 0 Å². The van der Waals surface area contributed by atoms with Crippen LogP contribution in [0.3, 0.4) is 0 Å². The summed E-state index contributed by atoms with van der Waals surface area (Å²) < 4.78 is 5.01. The van der Waals surface area contributed by atoms with Gasteiger partial charge in [-0.1, -0.05) is 5.16 Å². The topological polar surface area (TPSA) is 68.0 Å². The predicted octanol–water partition coefficient (Wildman–Crippen LogP) is 0.372. The lowest BCUT2D eigenvalue weighted by atomic mass is 9.98. The molecule has 0 spiro atoms. The number of nitrogens with zero attached hydrogens (tertiary/aromatic N) is 2. The third-order valence-corrected chi connectivity index (χ3v) is 2.14. The van der Waals surface area contributed by atoms with E-state index in [1.165, 1.54) is 0 Å². The van der Waals surface area contributed by atoms with Crippen LogP contribution < -0.4 is 5.32 Å². The highest BCUT2D eigenvalue weighted by Crippen LogP contribution is 2.23. The number of carbonyl (C=O) groups excluding carboxylic acids is 1. The summed E-state index contributed by atoms with van der Waals surface area (Å²) in [7, 11) is 0. The highest BCUT2D eigenvalue weighted by atomic mass is 16.5. The van der Waals surface area contributed by atoms with Crippen LogP contribution in [0, 0.1) is 6.92 Å². The van der Waals surface area contributed by atoms with Gasteiger partial charge in [-0.05, 0) is 13.3 Å². The van der Waals surface area contributed by atoms with Crippen LogP contribution in [0.15, 0.2) is 4.52 Å². The molecular formula is C8H11N3O2. The molecule has 2 rings (SSSR count). The highest BCUT2D eigenvalue weighted by molar-refractivity contribution is 5.77. The van der Waals surface area contributed by atoms with Gasteiger partial charge < -0.3 is 9.84 Å². The molecule has 1 fully saturated rings. The molecule has 1 N–H and O–H groups in total. The van der Waals surface area contributed by atoms with Gasteiger partial charge in [-0.3, -0.25) is 4.79 Å². The van der Waals surface area contributed by atoms with Gasteiger partial charge in [0, 0.05) is 18.9 Å². The lowest BCUT2D eigenvalue weighted by molar-refractivity contribution is -0.122. The summed E-state index contributed by atoms with van der Waals surface area (Å²) in [6.45, 7) is 2.47. The van der Waals surface area contributed by atoms with Gasteiger partial charge in [-0.25, -0.2) is 0 Å². The lowest BCUT2D eigenvalue weighted by Gasteiger charge is -2.18. The Bertz CT molecular complexity index is 321. The molecular weight excluding hydrogens is 170 g/mol. The van der Waals surface area contributed by atoms with Crippen LogP contribution >= 0.6 is 0 Å². The van der Waals surface area contributed by atoms with Crippen molar-refractivity contribution < 1.29 is 9.32 Å². The van der Waals surface area contributed by atoms with E-state index in [-0.39, 0.29) is 11.8 Å². The highest BCUT2D eigenvalue weighted by Gasteiger charge is 2.24. The SMILES string of the molecule is Cc1noc(C2CCNC(=O)C2)n1. The van der Waals surface area contributed by atoms with E-state index in [0.29, 0.717) is 24.7 Å². The third-order valence-electron chi connectivity index (χ3n) is 2.14. The van der Waals surface area contributed by atoms with Gasteiger partial charge in [0.1, 0.15) is 0 Å². The van der Waals surface area contributed by atoms with E-state index in [1.54, 1.807) is 6.92 Å². The quantitative estimate of drug-likeness (QED) is 0.679. The van der Waals surface area contributed by atoms with Gasteiger partial charge in [0.25, 0.3) is 0 Å². The van der Waals surface area contributed by atoms with Gasteiger partial charge in [-0.2, -0.15) is 4.98 Å². The van der Waals surface area contributed by atoms with Crippen molar-refractivity contribution >= 4 is 5.91 Å². The number of rotatable bonds is 1. The molecule has 5 nitrogen and oxygen atoms in total. The molecule has 1 aliphatic heterocycles. The Morgan fingerprint density at radius 2 is 2.46 bits per heavy atom. The molecule has 1 aliphatic rings. The summed E-state index contributed by atoms with van der Waals surface area (Å²) in [4.78, 5) is 15.2. The number of carbonyl (C=O) groups is 1. The number of hydrogen-bond donors (Lipinski definition) is 1. The number of nitrogens with one attached hydrogen (secondary N) is 1. The van der Waals surface area contributed by atoms with Crippen molar-refractivity contribution in [3.63, 3.8) is 0 Å². The normalized spacial score (nSPS) is 22.8. The minimum absolute atomic E-state index is 0.0621. The second kappa shape index (κ2) is 3.16. The Hall–Kier alpha value is -1.39. The summed E-state index contributed by atoms with van der Waals surface area (Å²) in [5.74, 6) is 1.38. The summed E-state index contributed by atoms with van der Waals surface area (Å²) in [5, 5.41) is 6.46. The maximum atomic E-state index is 11.1. The van der Waals surface area contributed by atoms with Crippen LogP contribution in [0.4, 0.5) is 0 Å². The Labute approximate surface area is 75.5 Å². The maximum Gasteiger partial charge on any atom is 0.230 e. The Kier molecular flexibility index (Phi) is 2.00. The second-order valence-corrected chi connectivity index (χ2v) is 3.22. The fourth-order valence-corrected chi connectivity index (χ4v) is 1.47. The number of aryl methyl sites for hydroxylation is 1.